The lowest BCUT2D eigenvalue weighted by Crippen LogP contribution is -1.69. The number of rotatable bonds is 1. The first-order valence-electron chi connectivity index (χ1n) is 3.45. The quantitative estimate of drug-likeness (QED) is 0.628. The molecule has 2 heterocycles. The molecule has 60 valence electrons. The van der Waals surface area contributed by atoms with Gasteiger partial charge in [0.05, 0.1) is 0 Å². The van der Waals surface area contributed by atoms with Gasteiger partial charge >= 0.3 is 0 Å². The topological polar surface area (TPSA) is 17.1 Å². The zero-order valence-corrected chi connectivity index (χ0v) is 7.82. The lowest BCUT2D eigenvalue weighted by molar-refractivity contribution is 0.572. The van der Waals surface area contributed by atoms with Gasteiger partial charge in [-0.05, 0) is 33.4 Å². The minimum Gasteiger partial charge on any atom is -0.226 e. The Morgan fingerprint density at radius 2 is 2.42 bits per heavy atom. The highest BCUT2D eigenvalue weighted by atomic mass is 32.2. The van der Waals surface area contributed by atoms with Crippen molar-refractivity contribution in [3.05, 3.63) is 40.0 Å². The Labute approximate surface area is 77.0 Å². The van der Waals surface area contributed by atoms with E-state index < -0.39 is 10.5 Å². The molecule has 0 N–H and O–H groups in total. The van der Waals surface area contributed by atoms with Crippen molar-refractivity contribution >= 4 is 32.0 Å². The number of allylic oxidation sites excluding steroid dienone is 2. The highest BCUT2D eigenvalue weighted by Gasteiger charge is 2.08. The summed E-state index contributed by atoms with van der Waals surface area (Å²) in [5.41, 5.74) is 0. The minimum atomic E-state index is -0.416. The Kier molecular flexibility index (Phi) is 2.09. The number of hydrogen-bond donors (Lipinski definition) is 0. The molecule has 0 bridgehead atoms. The van der Waals surface area contributed by atoms with E-state index in [0.717, 1.165) is 4.91 Å². The zero-order chi connectivity index (χ0) is 8.39. The van der Waals surface area contributed by atoms with Crippen molar-refractivity contribution in [2.24, 2.45) is 0 Å². The first kappa shape index (κ1) is 7.74. The fourth-order valence-electron chi connectivity index (χ4n) is 1.03. The molecular formula is C9H6OS2. The van der Waals surface area contributed by atoms with E-state index in [9.17, 15) is 4.79 Å². The molecule has 1 aliphatic rings. The predicted octanol–water partition coefficient (Wildman–Crippen LogP) is 2.95. The second-order valence-electron chi connectivity index (χ2n) is 2.26. The summed E-state index contributed by atoms with van der Waals surface area (Å²) < 4.78 is 0. The van der Waals surface area contributed by atoms with Crippen molar-refractivity contribution < 1.29 is 4.79 Å². The van der Waals surface area contributed by atoms with Crippen LogP contribution in [0.4, 0.5) is 0 Å². The van der Waals surface area contributed by atoms with Gasteiger partial charge in [0.25, 0.3) is 0 Å². The van der Waals surface area contributed by atoms with Crippen molar-refractivity contribution in [3.8, 4) is 0 Å². The van der Waals surface area contributed by atoms with Gasteiger partial charge in [0.1, 0.15) is 0 Å². The maximum atomic E-state index is 10.5. The Morgan fingerprint density at radius 1 is 1.50 bits per heavy atom. The molecule has 3 heteroatoms. The van der Waals surface area contributed by atoms with Crippen LogP contribution >= 0.6 is 21.8 Å². The maximum absolute atomic E-state index is 10.5. The number of hydrogen-bond acceptors (Lipinski definition) is 2. The Hall–Kier alpha value is -0.890. The lowest BCUT2D eigenvalue weighted by Gasteiger charge is -1.96. The summed E-state index contributed by atoms with van der Waals surface area (Å²) in [4.78, 5) is 12.8. The van der Waals surface area contributed by atoms with Crippen LogP contribution in [0, 0.1) is 0 Å². The van der Waals surface area contributed by atoms with E-state index in [4.69, 9.17) is 0 Å². The molecule has 0 aliphatic carbocycles. The molecule has 0 spiro atoms. The van der Waals surface area contributed by atoms with E-state index in [-0.39, 0.29) is 0 Å². The van der Waals surface area contributed by atoms with Crippen molar-refractivity contribution in [3.63, 3.8) is 0 Å². The summed E-state index contributed by atoms with van der Waals surface area (Å²) in [6.07, 6.45) is 3.91. The molecule has 12 heavy (non-hydrogen) atoms. The van der Waals surface area contributed by atoms with Crippen LogP contribution in [0.2, 0.25) is 0 Å². The third-order valence-electron chi connectivity index (χ3n) is 1.55. The summed E-state index contributed by atoms with van der Waals surface area (Å²) in [7, 11) is -0.416. The van der Waals surface area contributed by atoms with Gasteiger partial charge in [0, 0.05) is 9.78 Å². The normalized spacial score (nSPS) is 20.7. The van der Waals surface area contributed by atoms with E-state index >= 15 is 0 Å². The molecule has 1 nitrogen and oxygen atoms in total. The standard InChI is InChI=1S/C9H6OS2/c10-7-12-6-2-4-9(12)8-3-1-5-11-8/h1-6H. The highest BCUT2D eigenvalue weighted by Crippen LogP contribution is 2.39. The fraction of sp³-hybridized carbons (Fsp3) is 0. The first-order valence-corrected chi connectivity index (χ1v) is 5.62. The first-order chi connectivity index (χ1) is 5.92. The van der Waals surface area contributed by atoms with Crippen molar-refractivity contribution in [1.82, 2.24) is 0 Å². The monoisotopic (exact) mass is 194 g/mol. The van der Waals surface area contributed by atoms with Gasteiger partial charge in [-0.1, -0.05) is 12.1 Å². The SMILES string of the molecule is O=C=S1C=CC=C1c1cccs1. The average Bonchev–Trinajstić information content (AvgIpc) is 2.74. The number of thiophene rings is 1. The van der Waals surface area contributed by atoms with E-state index in [0.29, 0.717) is 0 Å². The van der Waals surface area contributed by atoms with Gasteiger partial charge in [0.15, 0.2) is 5.23 Å². The van der Waals surface area contributed by atoms with Gasteiger partial charge in [0.2, 0.25) is 0 Å². The van der Waals surface area contributed by atoms with Gasteiger partial charge in [-0.15, -0.1) is 11.3 Å². The van der Waals surface area contributed by atoms with Gasteiger partial charge in [-0.25, -0.2) is 4.79 Å². The average molecular weight is 194 g/mol. The van der Waals surface area contributed by atoms with E-state index in [2.05, 4.69) is 0 Å². The van der Waals surface area contributed by atoms with E-state index in [1.165, 1.54) is 4.88 Å². The molecule has 0 radical (unpaired) electrons. The maximum Gasteiger partial charge on any atom is 0.164 e. The highest BCUT2D eigenvalue weighted by molar-refractivity contribution is 8.25. The third kappa shape index (κ3) is 1.23. The zero-order valence-electron chi connectivity index (χ0n) is 6.19. The molecule has 1 aliphatic heterocycles. The Bertz CT molecular complexity index is 392. The molecule has 1 aromatic heterocycles. The van der Waals surface area contributed by atoms with E-state index in [1.807, 2.05) is 40.3 Å². The van der Waals surface area contributed by atoms with Gasteiger partial charge < -0.3 is 0 Å². The Morgan fingerprint density at radius 3 is 3.08 bits per heavy atom. The van der Waals surface area contributed by atoms with Crippen LogP contribution in [0.15, 0.2) is 35.1 Å². The molecular weight excluding hydrogens is 188 g/mol. The predicted molar refractivity (Wildman–Crippen MR) is 54.7 cm³/mol. The van der Waals surface area contributed by atoms with Crippen LogP contribution in [0.5, 0.6) is 0 Å². The molecule has 2 rings (SSSR count). The molecule has 0 saturated carbocycles. The molecule has 0 aromatic carbocycles. The largest absolute Gasteiger partial charge is 0.226 e. The second kappa shape index (κ2) is 3.23. The molecule has 0 amide bonds. The molecule has 0 saturated heterocycles. The summed E-state index contributed by atoms with van der Waals surface area (Å²) in [5, 5.41) is 5.94. The smallest absolute Gasteiger partial charge is 0.164 e. The number of carbonyl (C=O) groups excluding carboxylic acids is 1. The Balaban J connectivity index is 2.46. The molecule has 1 aromatic rings. The van der Waals surface area contributed by atoms with Crippen LogP contribution in [0.3, 0.4) is 0 Å². The van der Waals surface area contributed by atoms with Crippen molar-refractivity contribution in [1.29, 1.82) is 0 Å². The summed E-state index contributed by atoms with van der Waals surface area (Å²) >= 11 is 1.66. The van der Waals surface area contributed by atoms with Crippen LogP contribution in [0.25, 0.3) is 4.91 Å². The molecule has 1 atom stereocenters. The third-order valence-corrected chi connectivity index (χ3v) is 4.02. The van der Waals surface area contributed by atoms with E-state index in [1.54, 1.807) is 11.3 Å². The van der Waals surface area contributed by atoms with Crippen molar-refractivity contribution in [2.75, 3.05) is 0 Å². The molecule has 1 unspecified atom stereocenters. The summed E-state index contributed by atoms with van der Waals surface area (Å²) in [6, 6.07) is 4.02. The van der Waals surface area contributed by atoms with Crippen molar-refractivity contribution in [2.45, 2.75) is 0 Å². The molecule has 0 fully saturated rings. The van der Waals surface area contributed by atoms with Crippen LogP contribution in [-0.2, 0) is 4.79 Å². The van der Waals surface area contributed by atoms with Gasteiger partial charge in [-0.3, -0.25) is 0 Å². The summed E-state index contributed by atoms with van der Waals surface area (Å²) in [6.45, 7) is 0. The van der Waals surface area contributed by atoms with Crippen LogP contribution < -0.4 is 0 Å². The summed E-state index contributed by atoms with van der Waals surface area (Å²) in [5.74, 6) is 0. The minimum absolute atomic E-state index is 0.416. The second-order valence-corrected chi connectivity index (χ2v) is 4.76. The fourth-order valence-corrected chi connectivity index (χ4v) is 3.13. The van der Waals surface area contributed by atoms with Gasteiger partial charge in [-0.2, -0.15) is 0 Å². The van der Waals surface area contributed by atoms with Crippen LogP contribution in [-0.4, -0.2) is 5.23 Å². The lowest BCUT2D eigenvalue weighted by atomic mass is 10.4. The van der Waals surface area contributed by atoms with Crippen LogP contribution in [0.1, 0.15) is 4.88 Å².